The first-order chi connectivity index (χ1) is 7.98. The fourth-order valence-corrected chi connectivity index (χ4v) is 1.84. The second-order valence-electron chi connectivity index (χ2n) is 3.74. The van der Waals surface area contributed by atoms with Gasteiger partial charge in [-0.15, -0.1) is 0 Å². The molecule has 1 aliphatic rings. The van der Waals surface area contributed by atoms with Gasteiger partial charge in [-0.1, -0.05) is 13.8 Å². The Morgan fingerprint density at radius 2 is 1.94 bits per heavy atom. The van der Waals surface area contributed by atoms with E-state index < -0.39 is 11.9 Å². The van der Waals surface area contributed by atoms with Crippen LogP contribution in [0.2, 0.25) is 0 Å². The van der Waals surface area contributed by atoms with E-state index in [1.807, 2.05) is 13.8 Å². The van der Waals surface area contributed by atoms with E-state index in [2.05, 4.69) is 15.3 Å². The van der Waals surface area contributed by atoms with Crippen LogP contribution in [0.1, 0.15) is 49.9 Å². The van der Waals surface area contributed by atoms with Crippen LogP contribution in [0.3, 0.4) is 0 Å². The van der Waals surface area contributed by atoms with Crippen LogP contribution in [0, 0.1) is 6.92 Å². The molecule has 6 heteroatoms. The first-order valence-corrected chi connectivity index (χ1v) is 5.85. The molecule has 1 unspecified atom stereocenters. The zero-order valence-corrected chi connectivity index (χ0v) is 10.3. The lowest BCUT2D eigenvalue weighted by atomic mass is 10.2. The molecule has 0 radical (unpaired) electrons. The highest BCUT2D eigenvalue weighted by atomic mass is 19.4. The summed E-state index contributed by atoms with van der Waals surface area (Å²) >= 11 is 0. The number of hydrogen-bond acceptors (Lipinski definition) is 2. The molecule has 0 bridgehead atoms. The quantitative estimate of drug-likeness (QED) is 0.802. The molecule has 0 saturated carbocycles. The molecular formula is C11H18F3N3. The molecular weight excluding hydrogens is 231 g/mol. The van der Waals surface area contributed by atoms with Crippen LogP contribution in [-0.2, 0) is 6.18 Å². The average Bonchev–Trinajstić information content (AvgIpc) is 2.87. The molecule has 0 spiro atoms. The monoisotopic (exact) mass is 249 g/mol. The van der Waals surface area contributed by atoms with Gasteiger partial charge in [-0.3, -0.25) is 0 Å². The molecule has 2 N–H and O–H groups in total. The predicted molar refractivity (Wildman–Crippen MR) is 59.7 cm³/mol. The van der Waals surface area contributed by atoms with E-state index >= 15 is 0 Å². The van der Waals surface area contributed by atoms with Crippen LogP contribution in [0.25, 0.3) is 0 Å². The first-order valence-electron chi connectivity index (χ1n) is 5.85. The largest absolute Gasteiger partial charge is 0.435 e. The summed E-state index contributed by atoms with van der Waals surface area (Å²) in [7, 11) is 0. The van der Waals surface area contributed by atoms with Crippen LogP contribution >= 0.6 is 0 Å². The van der Waals surface area contributed by atoms with Gasteiger partial charge >= 0.3 is 6.18 Å². The third-order valence-electron chi connectivity index (χ3n) is 2.56. The Kier molecular flexibility index (Phi) is 4.56. The zero-order valence-electron chi connectivity index (χ0n) is 10.3. The molecule has 2 rings (SSSR count). The molecule has 0 aliphatic carbocycles. The van der Waals surface area contributed by atoms with Crippen molar-refractivity contribution in [1.82, 2.24) is 15.3 Å². The molecule has 1 aromatic heterocycles. The lowest BCUT2D eigenvalue weighted by Gasteiger charge is -2.05. The third-order valence-corrected chi connectivity index (χ3v) is 2.56. The van der Waals surface area contributed by atoms with Crippen LogP contribution in [0.5, 0.6) is 0 Å². The van der Waals surface area contributed by atoms with Gasteiger partial charge in [-0.2, -0.15) is 13.2 Å². The molecule has 1 atom stereocenters. The van der Waals surface area contributed by atoms with E-state index in [0.717, 1.165) is 19.4 Å². The lowest BCUT2D eigenvalue weighted by molar-refractivity contribution is -0.141. The van der Waals surface area contributed by atoms with Gasteiger partial charge in [-0.05, 0) is 26.3 Å². The molecule has 3 nitrogen and oxygen atoms in total. The Bertz CT molecular complexity index is 351. The van der Waals surface area contributed by atoms with Crippen molar-refractivity contribution in [3.8, 4) is 0 Å². The van der Waals surface area contributed by atoms with Crippen LogP contribution in [0.4, 0.5) is 13.2 Å². The van der Waals surface area contributed by atoms with E-state index in [1.165, 1.54) is 6.92 Å². The van der Waals surface area contributed by atoms with Gasteiger partial charge in [0.15, 0.2) is 5.69 Å². The Morgan fingerprint density at radius 1 is 1.29 bits per heavy atom. The standard InChI is InChI=1S/C9H12F3N3.C2H6/c1-5-7(9(10,11)12)15-8(14-5)6-3-2-4-13-6;1-2/h6,13H,2-4H2,1H3,(H,14,15);1-2H3. The zero-order chi connectivity index (χ0) is 13.1. The fourth-order valence-electron chi connectivity index (χ4n) is 1.84. The summed E-state index contributed by atoms with van der Waals surface area (Å²) in [5.41, 5.74) is -0.711. The number of alkyl halides is 3. The topological polar surface area (TPSA) is 40.7 Å². The molecule has 1 fully saturated rings. The van der Waals surface area contributed by atoms with Crippen molar-refractivity contribution in [2.45, 2.75) is 45.8 Å². The lowest BCUT2D eigenvalue weighted by Crippen LogP contribution is -2.14. The van der Waals surface area contributed by atoms with Crippen LogP contribution in [0.15, 0.2) is 0 Å². The minimum absolute atomic E-state index is 0.0557. The number of aromatic amines is 1. The molecule has 1 saturated heterocycles. The van der Waals surface area contributed by atoms with Crippen molar-refractivity contribution in [3.63, 3.8) is 0 Å². The normalized spacial score (nSPS) is 20.0. The second-order valence-corrected chi connectivity index (χ2v) is 3.74. The average molecular weight is 249 g/mol. The predicted octanol–water partition coefficient (Wildman–Crippen LogP) is 3.19. The Balaban J connectivity index is 0.000000686. The summed E-state index contributed by atoms with van der Waals surface area (Å²) < 4.78 is 37.3. The van der Waals surface area contributed by atoms with Crippen molar-refractivity contribution >= 4 is 0 Å². The van der Waals surface area contributed by atoms with Crippen molar-refractivity contribution in [2.24, 2.45) is 0 Å². The van der Waals surface area contributed by atoms with E-state index in [-0.39, 0.29) is 11.7 Å². The Morgan fingerprint density at radius 3 is 2.35 bits per heavy atom. The van der Waals surface area contributed by atoms with Gasteiger partial charge in [0.1, 0.15) is 5.82 Å². The maximum Gasteiger partial charge on any atom is 0.435 e. The van der Waals surface area contributed by atoms with Gasteiger partial charge in [-0.25, -0.2) is 4.98 Å². The van der Waals surface area contributed by atoms with Gasteiger partial charge < -0.3 is 10.3 Å². The van der Waals surface area contributed by atoms with Gasteiger partial charge in [0.25, 0.3) is 0 Å². The number of rotatable bonds is 1. The van der Waals surface area contributed by atoms with Crippen molar-refractivity contribution in [3.05, 3.63) is 17.2 Å². The smallest absolute Gasteiger partial charge is 0.344 e. The molecule has 0 aromatic carbocycles. The van der Waals surface area contributed by atoms with Crippen molar-refractivity contribution in [2.75, 3.05) is 6.54 Å². The summed E-state index contributed by atoms with van der Waals surface area (Å²) in [6.07, 6.45) is -2.55. The van der Waals surface area contributed by atoms with Gasteiger partial charge in [0.05, 0.1) is 6.04 Å². The van der Waals surface area contributed by atoms with E-state index in [0.29, 0.717) is 5.82 Å². The molecule has 1 aliphatic heterocycles. The number of aryl methyl sites for hydroxylation is 1. The number of hydrogen-bond donors (Lipinski definition) is 2. The summed E-state index contributed by atoms with van der Waals surface area (Å²) in [5.74, 6) is 0.400. The van der Waals surface area contributed by atoms with Crippen molar-refractivity contribution in [1.29, 1.82) is 0 Å². The Hall–Kier alpha value is -1.04. The minimum atomic E-state index is -4.36. The van der Waals surface area contributed by atoms with Crippen LogP contribution in [-0.4, -0.2) is 16.5 Å². The summed E-state index contributed by atoms with van der Waals surface area (Å²) in [6.45, 7) is 6.24. The highest BCUT2D eigenvalue weighted by Crippen LogP contribution is 2.32. The van der Waals surface area contributed by atoms with E-state index in [4.69, 9.17) is 0 Å². The maximum absolute atomic E-state index is 12.4. The number of H-pyrrole nitrogens is 1. The highest BCUT2D eigenvalue weighted by molar-refractivity contribution is 5.18. The number of halogens is 3. The van der Waals surface area contributed by atoms with E-state index in [9.17, 15) is 13.2 Å². The molecule has 1 aromatic rings. The van der Waals surface area contributed by atoms with Gasteiger partial charge in [0.2, 0.25) is 0 Å². The highest BCUT2D eigenvalue weighted by Gasteiger charge is 2.37. The number of nitrogens with zero attached hydrogens (tertiary/aromatic N) is 1. The minimum Gasteiger partial charge on any atom is -0.344 e. The van der Waals surface area contributed by atoms with Gasteiger partial charge in [0, 0.05) is 5.69 Å². The number of imidazole rings is 1. The van der Waals surface area contributed by atoms with Crippen molar-refractivity contribution < 1.29 is 13.2 Å². The summed E-state index contributed by atoms with van der Waals surface area (Å²) in [6, 6.07) is -0.0557. The molecule has 17 heavy (non-hydrogen) atoms. The fraction of sp³-hybridized carbons (Fsp3) is 0.727. The molecule has 98 valence electrons. The SMILES string of the molecule is CC.Cc1[nH]c(C2CCCN2)nc1C(F)(F)F. The second kappa shape index (κ2) is 5.53. The third kappa shape index (κ3) is 3.21. The number of aromatic nitrogens is 2. The number of nitrogens with one attached hydrogen (secondary N) is 2. The first kappa shape index (κ1) is 14.0. The van der Waals surface area contributed by atoms with E-state index in [1.54, 1.807) is 0 Å². The Labute approximate surface area is 98.8 Å². The molecule has 0 amide bonds. The summed E-state index contributed by atoms with van der Waals surface area (Å²) in [5, 5.41) is 3.10. The molecule has 2 heterocycles. The van der Waals surface area contributed by atoms with Crippen LogP contribution < -0.4 is 5.32 Å². The summed E-state index contributed by atoms with van der Waals surface area (Å²) in [4.78, 5) is 6.32. The maximum atomic E-state index is 12.4.